The average Bonchev–Trinajstić information content (AvgIpc) is 2.68. The van der Waals surface area contributed by atoms with Crippen LogP contribution in [0.2, 0.25) is 0 Å². The highest BCUT2D eigenvalue weighted by molar-refractivity contribution is 5.87. The summed E-state index contributed by atoms with van der Waals surface area (Å²) in [6.45, 7) is 3.34. The van der Waals surface area contributed by atoms with Gasteiger partial charge in [-0.3, -0.25) is 14.6 Å². The van der Waals surface area contributed by atoms with Crippen molar-refractivity contribution in [3.63, 3.8) is 0 Å². The number of carbonyl (C=O) groups is 2. The fraction of sp³-hybridized carbons (Fsp3) is 0.682. The number of esters is 1. The van der Waals surface area contributed by atoms with Crippen LogP contribution in [0, 0.1) is 23.2 Å². The molecule has 0 aromatic carbocycles. The Hall–Kier alpha value is -2.12. The first-order chi connectivity index (χ1) is 14.0. The number of hydrogen-bond acceptors (Lipinski definition) is 4. The van der Waals surface area contributed by atoms with Crippen LogP contribution < -0.4 is 5.32 Å². The topological polar surface area (TPSA) is 68.3 Å². The molecule has 4 bridgehead atoms. The van der Waals surface area contributed by atoms with Gasteiger partial charge in [0, 0.05) is 12.2 Å². The Morgan fingerprint density at radius 1 is 1.13 bits per heavy atom. The van der Waals surface area contributed by atoms with Crippen molar-refractivity contribution in [2.24, 2.45) is 23.2 Å². The minimum absolute atomic E-state index is 0.0273. The third-order valence-corrected chi connectivity index (χ3v) is 7.49. The molecule has 1 amide bonds. The largest absolute Gasteiger partial charge is 0.469 e. The molecule has 1 N–H and O–H groups in total. The van der Waals surface area contributed by atoms with Crippen molar-refractivity contribution in [2.75, 3.05) is 7.11 Å². The van der Waals surface area contributed by atoms with E-state index in [1.54, 1.807) is 13.8 Å². The minimum Gasteiger partial charge on any atom is -0.469 e. The molecule has 0 radical (unpaired) electrons. The number of pyridine rings is 1. The monoisotopic (exact) mass is 424 g/mol. The predicted octanol–water partition coefficient (Wildman–Crippen LogP) is 3.86. The van der Waals surface area contributed by atoms with Crippen LogP contribution >= 0.6 is 0 Å². The van der Waals surface area contributed by atoms with Gasteiger partial charge in [-0.2, -0.15) is 13.2 Å². The summed E-state index contributed by atoms with van der Waals surface area (Å²) in [6.07, 6.45) is 0.584. The Labute approximate surface area is 173 Å². The summed E-state index contributed by atoms with van der Waals surface area (Å²) in [7, 11) is 1.43. The van der Waals surface area contributed by atoms with Crippen LogP contribution in [0.1, 0.15) is 57.2 Å². The van der Waals surface area contributed by atoms with Crippen molar-refractivity contribution >= 4 is 11.9 Å². The Balaban J connectivity index is 1.50. The quantitative estimate of drug-likeness (QED) is 0.746. The van der Waals surface area contributed by atoms with E-state index in [4.69, 9.17) is 4.74 Å². The SMILES string of the molecule is COC(=O)C12CC3CC(C1)C(NC(=O)C(C)(C)c1ccc(C(F)(F)F)cn1)C(C3)C2. The van der Waals surface area contributed by atoms with Gasteiger partial charge in [-0.25, -0.2) is 0 Å². The second-order valence-electron chi connectivity index (χ2n) is 9.80. The first kappa shape index (κ1) is 21.1. The molecule has 1 aromatic rings. The molecule has 2 unspecified atom stereocenters. The number of carbonyl (C=O) groups excluding carboxylic acids is 2. The van der Waals surface area contributed by atoms with E-state index < -0.39 is 22.6 Å². The van der Waals surface area contributed by atoms with Gasteiger partial charge in [-0.15, -0.1) is 0 Å². The summed E-state index contributed by atoms with van der Waals surface area (Å²) in [5.74, 6) is 0.533. The fourth-order valence-corrected chi connectivity index (χ4v) is 6.11. The highest BCUT2D eigenvalue weighted by atomic mass is 19.4. The summed E-state index contributed by atoms with van der Waals surface area (Å²) in [6, 6.07) is 2.20. The summed E-state index contributed by atoms with van der Waals surface area (Å²) >= 11 is 0. The van der Waals surface area contributed by atoms with Crippen LogP contribution in [-0.2, 0) is 25.9 Å². The normalized spacial score (nSPS) is 32.7. The number of alkyl halides is 3. The molecule has 0 saturated heterocycles. The number of methoxy groups -OCH3 is 1. The molecule has 4 aliphatic carbocycles. The number of amides is 1. The molecule has 4 saturated carbocycles. The lowest BCUT2D eigenvalue weighted by Gasteiger charge is -2.58. The smallest absolute Gasteiger partial charge is 0.417 e. The Kier molecular flexibility index (Phi) is 4.90. The van der Waals surface area contributed by atoms with E-state index in [-0.39, 0.29) is 29.8 Å². The highest BCUT2D eigenvalue weighted by Crippen LogP contribution is 2.60. The van der Waals surface area contributed by atoms with Gasteiger partial charge in [0.05, 0.1) is 29.2 Å². The molecule has 4 fully saturated rings. The number of halogens is 3. The van der Waals surface area contributed by atoms with E-state index in [9.17, 15) is 22.8 Å². The lowest BCUT2D eigenvalue weighted by Crippen LogP contribution is -2.62. The van der Waals surface area contributed by atoms with E-state index in [0.717, 1.165) is 44.4 Å². The maximum Gasteiger partial charge on any atom is 0.417 e. The summed E-state index contributed by atoms with van der Waals surface area (Å²) < 4.78 is 43.5. The van der Waals surface area contributed by atoms with Gasteiger partial charge < -0.3 is 10.1 Å². The van der Waals surface area contributed by atoms with Crippen LogP contribution in [0.5, 0.6) is 0 Å². The summed E-state index contributed by atoms with van der Waals surface area (Å²) in [5.41, 5.74) is -2.03. The number of aromatic nitrogens is 1. The second kappa shape index (κ2) is 6.95. The standard InChI is InChI=1S/C22H27F3N2O3/c1-20(2,16-5-4-15(11-26-16)22(23,24)25)18(28)27-17-13-6-12-7-14(17)10-21(8-12,9-13)19(29)30-3/h4-5,11-14,17H,6-10H2,1-3H3,(H,27,28). The molecule has 4 aliphatic rings. The molecule has 164 valence electrons. The Bertz CT molecular complexity index is 834. The molecule has 30 heavy (non-hydrogen) atoms. The zero-order valence-corrected chi connectivity index (χ0v) is 17.4. The van der Waals surface area contributed by atoms with Gasteiger partial charge in [0.2, 0.25) is 5.91 Å². The van der Waals surface area contributed by atoms with Crippen LogP contribution in [0.3, 0.4) is 0 Å². The van der Waals surface area contributed by atoms with Gasteiger partial charge in [-0.05, 0) is 75.8 Å². The van der Waals surface area contributed by atoms with Gasteiger partial charge in [0.1, 0.15) is 0 Å². The summed E-state index contributed by atoms with van der Waals surface area (Å²) in [5, 5.41) is 3.17. The van der Waals surface area contributed by atoms with Crippen molar-refractivity contribution in [3.05, 3.63) is 29.6 Å². The van der Waals surface area contributed by atoms with E-state index in [1.807, 2.05) is 0 Å². The molecule has 8 heteroatoms. The van der Waals surface area contributed by atoms with Gasteiger partial charge in [0.25, 0.3) is 0 Å². The number of nitrogens with one attached hydrogen (secondary N) is 1. The molecule has 1 aromatic heterocycles. The Morgan fingerprint density at radius 3 is 2.27 bits per heavy atom. The molecule has 0 spiro atoms. The first-order valence-electron chi connectivity index (χ1n) is 10.4. The zero-order chi connectivity index (χ0) is 21.9. The van der Waals surface area contributed by atoms with Gasteiger partial charge >= 0.3 is 12.1 Å². The minimum atomic E-state index is -4.46. The van der Waals surface area contributed by atoms with E-state index >= 15 is 0 Å². The highest BCUT2D eigenvalue weighted by Gasteiger charge is 2.59. The predicted molar refractivity (Wildman–Crippen MR) is 102 cm³/mol. The third kappa shape index (κ3) is 3.38. The second-order valence-corrected chi connectivity index (χ2v) is 9.80. The van der Waals surface area contributed by atoms with E-state index in [2.05, 4.69) is 10.3 Å². The summed E-state index contributed by atoms with van der Waals surface area (Å²) in [4.78, 5) is 29.5. The number of rotatable bonds is 4. The molecule has 5 rings (SSSR count). The third-order valence-electron chi connectivity index (χ3n) is 7.49. The van der Waals surface area contributed by atoms with Crippen molar-refractivity contribution in [1.29, 1.82) is 0 Å². The lowest BCUT2D eigenvalue weighted by atomic mass is 9.48. The molecular formula is C22H27F3N2O3. The molecule has 0 aliphatic heterocycles. The van der Waals surface area contributed by atoms with Crippen LogP contribution in [0.25, 0.3) is 0 Å². The first-order valence-corrected chi connectivity index (χ1v) is 10.4. The van der Waals surface area contributed by atoms with Crippen molar-refractivity contribution < 1.29 is 27.5 Å². The lowest BCUT2D eigenvalue weighted by molar-refractivity contribution is -0.171. The molecule has 5 nitrogen and oxygen atoms in total. The van der Waals surface area contributed by atoms with Gasteiger partial charge in [0.15, 0.2) is 0 Å². The maximum absolute atomic E-state index is 13.1. The zero-order valence-electron chi connectivity index (χ0n) is 17.4. The molecule has 2 atom stereocenters. The maximum atomic E-state index is 13.1. The van der Waals surface area contributed by atoms with Crippen molar-refractivity contribution in [1.82, 2.24) is 10.3 Å². The average molecular weight is 424 g/mol. The number of hydrogen-bond donors (Lipinski definition) is 1. The Morgan fingerprint density at radius 2 is 1.77 bits per heavy atom. The molecular weight excluding hydrogens is 397 g/mol. The number of ether oxygens (including phenoxy) is 1. The van der Waals surface area contributed by atoms with Crippen LogP contribution in [-0.4, -0.2) is 30.0 Å². The van der Waals surface area contributed by atoms with Gasteiger partial charge in [-0.1, -0.05) is 0 Å². The van der Waals surface area contributed by atoms with E-state index in [0.29, 0.717) is 11.6 Å². The van der Waals surface area contributed by atoms with Crippen LogP contribution in [0.15, 0.2) is 18.3 Å². The van der Waals surface area contributed by atoms with Crippen LogP contribution in [0.4, 0.5) is 13.2 Å². The van der Waals surface area contributed by atoms with Crippen molar-refractivity contribution in [2.45, 2.75) is 63.6 Å². The molecule has 1 heterocycles. The fourth-order valence-electron chi connectivity index (χ4n) is 6.11. The van der Waals surface area contributed by atoms with Crippen molar-refractivity contribution in [3.8, 4) is 0 Å². The number of nitrogens with zero attached hydrogens (tertiary/aromatic N) is 1. The van der Waals surface area contributed by atoms with E-state index in [1.165, 1.54) is 13.2 Å².